The zero-order valence-electron chi connectivity index (χ0n) is 13.3. The number of amides is 1. The Morgan fingerprint density at radius 2 is 2.14 bits per heavy atom. The lowest BCUT2D eigenvalue weighted by atomic mass is 10.1. The number of carbonyl (C=O) groups is 1. The van der Waals surface area contributed by atoms with Crippen LogP contribution in [0.5, 0.6) is 5.75 Å². The number of hydrogen-bond donors (Lipinski definition) is 2. The van der Waals surface area contributed by atoms with Crippen LogP contribution in [0.25, 0.3) is 6.08 Å². The van der Waals surface area contributed by atoms with Crippen LogP contribution < -0.4 is 10.1 Å². The average molecular weight is 305 g/mol. The molecule has 0 saturated heterocycles. The monoisotopic (exact) mass is 305 g/mol. The molecule has 2 rings (SSSR count). The van der Waals surface area contributed by atoms with E-state index in [1.54, 1.807) is 0 Å². The van der Waals surface area contributed by atoms with Gasteiger partial charge in [-0.15, -0.1) is 0 Å². The van der Waals surface area contributed by atoms with E-state index in [0.29, 0.717) is 6.54 Å². The zero-order chi connectivity index (χ0) is 16.2. The van der Waals surface area contributed by atoms with Gasteiger partial charge in [0.1, 0.15) is 18.0 Å². The van der Waals surface area contributed by atoms with Crippen molar-refractivity contribution in [3.8, 4) is 5.75 Å². The predicted molar refractivity (Wildman–Crippen MR) is 84.9 cm³/mol. The summed E-state index contributed by atoms with van der Waals surface area (Å²) in [5.41, 5.74) is 2.79. The van der Waals surface area contributed by atoms with Crippen LogP contribution in [-0.2, 0) is 11.2 Å². The van der Waals surface area contributed by atoms with Crippen LogP contribution in [-0.4, -0.2) is 36.6 Å². The largest absolute Gasteiger partial charge is 0.491 e. The second-order valence-electron chi connectivity index (χ2n) is 6.24. The van der Waals surface area contributed by atoms with Crippen molar-refractivity contribution >= 4 is 12.2 Å². The summed E-state index contributed by atoms with van der Waals surface area (Å²) in [5, 5.41) is 11.6. The average Bonchev–Trinajstić information content (AvgIpc) is 2.84. The second kappa shape index (κ2) is 6.83. The van der Waals surface area contributed by atoms with Gasteiger partial charge in [0, 0.05) is 12.1 Å². The Morgan fingerprint density at radius 1 is 1.36 bits per heavy atom. The topological polar surface area (TPSA) is 67.8 Å². The molecule has 0 radical (unpaired) electrons. The first kappa shape index (κ1) is 16.4. The molecule has 5 nitrogen and oxygen atoms in total. The van der Waals surface area contributed by atoms with Crippen molar-refractivity contribution in [2.75, 3.05) is 19.8 Å². The minimum absolute atomic E-state index is 0.0135. The summed E-state index contributed by atoms with van der Waals surface area (Å²) < 4.78 is 10.8. The molecule has 22 heavy (non-hydrogen) atoms. The van der Waals surface area contributed by atoms with E-state index in [2.05, 4.69) is 5.32 Å². The number of aliphatic hydroxyl groups excluding tert-OH is 1. The Kier molecular flexibility index (Phi) is 5.08. The van der Waals surface area contributed by atoms with Crippen molar-refractivity contribution in [1.82, 2.24) is 5.32 Å². The SMILES string of the molecule is CC(C)(C)OC(=O)NCC1=Cc2c(cccc2OCCO)C1. The van der Waals surface area contributed by atoms with Crippen molar-refractivity contribution in [2.24, 2.45) is 0 Å². The molecule has 0 aliphatic heterocycles. The maximum absolute atomic E-state index is 11.7. The van der Waals surface area contributed by atoms with E-state index >= 15 is 0 Å². The standard InChI is InChI=1S/C17H23NO4/c1-17(2,3)22-16(20)18-11-12-9-13-5-4-6-15(14(13)10-12)21-8-7-19/h4-6,10,19H,7-9,11H2,1-3H3,(H,18,20). The highest BCUT2D eigenvalue weighted by Gasteiger charge is 2.19. The number of ether oxygens (including phenoxy) is 2. The molecule has 1 aromatic rings. The summed E-state index contributed by atoms with van der Waals surface area (Å²) >= 11 is 0. The Labute approximate surface area is 130 Å². The summed E-state index contributed by atoms with van der Waals surface area (Å²) in [5.74, 6) is 0.763. The van der Waals surface area contributed by atoms with Crippen molar-refractivity contribution in [1.29, 1.82) is 0 Å². The van der Waals surface area contributed by atoms with Gasteiger partial charge in [-0.25, -0.2) is 4.79 Å². The van der Waals surface area contributed by atoms with Crippen LogP contribution in [0.2, 0.25) is 0 Å². The number of rotatable bonds is 5. The van der Waals surface area contributed by atoms with Crippen LogP contribution in [0.3, 0.4) is 0 Å². The van der Waals surface area contributed by atoms with E-state index in [9.17, 15) is 4.79 Å². The normalized spacial score (nSPS) is 13.4. The molecular weight excluding hydrogens is 282 g/mol. The quantitative estimate of drug-likeness (QED) is 0.877. The van der Waals surface area contributed by atoms with Crippen molar-refractivity contribution in [3.05, 3.63) is 34.9 Å². The highest BCUT2D eigenvalue weighted by atomic mass is 16.6. The van der Waals surface area contributed by atoms with E-state index < -0.39 is 11.7 Å². The first-order chi connectivity index (χ1) is 10.4. The van der Waals surface area contributed by atoms with Gasteiger partial charge in [0.05, 0.1) is 6.61 Å². The molecule has 0 bridgehead atoms. The highest BCUT2D eigenvalue weighted by molar-refractivity contribution is 5.72. The van der Waals surface area contributed by atoms with E-state index in [1.165, 1.54) is 0 Å². The molecule has 0 aromatic heterocycles. The number of aliphatic hydroxyl groups is 1. The number of fused-ring (bicyclic) bond motifs is 1. The lowest BCUT2D eigenvalue weighted by Crippen LogP contribution is -2.33. The number of alkyl carbamates (subject to hydrolysis) is 1. The van der Waals surface area contributed by atoms with Crippen LogP contribution in [0, 0.1) is 0 Å². The molecule has 1 aliphatic carbocycles. The van der Waals surface area contributed by atoms with Crippen LogP contribution >= 0.6 is 0 Å². The molecule has 120 valence electrons. The molecule has 0 unspecified atom stereocenters. The molecule has 0 atom stereocenters. The molecule has 0 fully saturated rings. The van der Waals surface area contributed by atoms with Crippen LogP contribution in [0.15, 0.2) is 23.8 Å². The van der Waals surface area contributed by atoms with Crippen LogP contribution in [0.1, 0.15) is 31.9 Å². The van der Waals surface area contributed by atoms with Gasteiger partial charge in [0.2, 0.25) is 0 Å². The fourth-order valence-electron chi connectivity index (χ4n) is 2.30. The summed E-state index contributed by atoms with van der Waals surface area (Å²) in [6.45, 7) is 6.21. The summed E-state index contributed by atoms with van der Waals surface area (Å²) in [7, 11) is 0. The lowest BCUT2D eigenvalue weighted by Gasteiger charge is -2.19. The predicted octanol–water partition coefficient (Wildman–Crippen LogP) is 2.52. The highest BCUT2D eigenvalue weighted by Crippen LogP contribution is 2.32. The molecule has 1 aromatic carbocycles. The smallest absolute Gasteiger partial charge is 0.407 e. The molecule has 0 spiro atoms. The lowest BCUT2D eigenvalue weighted by molar-refractivity contribution is 0.0532. The molecule has 5 heteroatoms. The van der Waals surface area contributed by atoms with Gasteiger partial charge in [0.15, 0.2) is 0 Å². The first-order valence-electron chi connectivity index (χ1n) is 7.41. The van der Waals surface area contributed by atoms with Gasteiger partial charge in [0.25, 0.3) is 0 Å². The third-order valence-corrected chi connectivity index (χ3v) is 3.13. The fraction of sp³-hybridized carbons (Fsp3) is 0.471. The maximum Gasteiger partial charge on any atom is 0.407 e. The third-order valence-electron chi connectivity index (χ3n) is 3.13. The second-order valence-corrected chi connectivity index (χ2v) is 6.24. The molecule has 2 N–H and O–H groups in total. The summed E-state index contributed by atoms with van der Waals surface area (Å²) in [6.07, 6.45) is 2.39. The molecule has 0 heterocycles. The van der Waals surface area contributed by atoms with E-state index in [4.69, 9.17) is 14.6 Å². The summed E-state index contributed by atoms with van der Waals surface area (Å²) in [6, 6.07) is 5.86. The van der Waals surface area contributed by atoms with Gasteiger partial charge in [-0.3, -0.25) is 0 Å². The maximum atomic E-state index is 11.7. The van der Waals surface area contributed by atoms with Gasteiger partial charge < -0.3 is 19.9 Å². The Bertz CT molecular complexity index is 573. The van der Waals surface area contributed by atoms with Gasteiger partial charge in [-0.1, -0.05) is 12.1 Å². The van der Waals surface area contributed by atoms with Crippen LogP contribution in [0.4, 0.5) is 4.79 Å². The van der Waals surface area contributed by atoms with Crippen molar-refractivity contribution in [3.63, 3.8) is 0 Å². The fourth-order valence-corrected chi connectivity index (χ4v) is 2.30. The van der Waals surface area contributed by atoms with Gasteiger partial charge >= 0.3 is 6.09 Å². The Balaban J connectivity index is 1.96. The van der Waals surface area contributed by atoms with Gasteiger partial charge in [-0.2, -0.15) is 0 Å². The van der Waals surface area contributed by atoms with E-state index in [1.807, 2.05) is 45.0 Å². The van der Waals surface area contributed by atoms with Gasteiger partial charge in [-0.05, 0) is 50.5 Å². The van der Waals surface area contributed by atoms with E-state index in [0.717, 1.165) is 28.9 Å². The third kappa shape index (κ3) is 4.49. The molecule has 1 aliphatic rings. The molecule has 0 saturated carbocycles. The van der Waals surface area contributed by atoms with Crippen molar-refractivity contribution < 1.29 is 19.4 Å². The molecule has 1 amide bonds. The Morgan fingerprint density at radius 3 is 2.82 bits per heavy atom. The molecular formula is C17H23NO4. The Hall–Kier alpha value is -2.01. The minimum atomic E-state index is -0.498. The summed E-state index contributed by atoms with van der Waals surface area (Å²) in [4.78, 5) is 11.7. The number of benzene rings is 1. The number of nitrogens with one attached hydrogen (secondary N) is 1. The van der Waals surface area contributed by atoms with Crippen molar-refractivity contribution in [2.45, 2.75) is 32.8 Å². The number of hydrogen-bond acceptors (Lipinski definition) is 4. The minimum Gasteiger partial charge on any atom is -0.491 e. The van der Waals surface area contributed by atoms with E-state index in [-0.39, 0.29) is 13.2 Å². The zero-order valence-corrected chi connectivity index (χ0v) is 13.3. The first-order valence-corrected chi connectivity index (χ1v) is 7.41. The number of carbonyl (C=O) groups excluding carboxylic acids is 1.